The van der Waals surface area contributed by atoms with Crippen LogP contribution in [0.15, 0.2) is 0 Å². The van der Waals surface area contributed by atoms with Crippen LogP contribution in [0.25, 0.3) is 0 Å². The number of piperidine rings is 2. The molecule has 1 amide bonds. The number of rotatable bonds is 3. The lowest BCUT2D eigenvalue weighted by Gasteiger charge is -2.35. The number of nitrogens with zero attached hydrogens (tertiary/aromatic N) is 2. The van der Waals surface area contributed by atoms with Gasteiger partial charge in [-0.3, -0.25) is 9.69 Å². The van der Waals surface area contributed by atoms with E-state index < -0.39 is 0 Å². The van der Waals surface area contributed by atoms with Crippen LogP contribution in [-0.2, 0) is 4.79 Å². The summed E-state index contributed by atoms with van der Waals surface area (Å²) >= 11 is 0. The fourth-order valence-corrected chi connectivity index (χ4v) is 3.19. The van der Waals surface area contributed by atoms with E-state index in [4.69, 9.17) is 5.73 Å². The van der Waals surface area contributed by atoms with Gasteiger partial charge in [-0.2, -0.15) is 0 Å². The van der Waals surface area contributed by atoms with Crippen molar-refractivity contribution in [2.45, 2.75) is 32.6 Å². The molecule has 4 heteroatoms. The van der Waals surface area contributed by atoms with Gasteiger partial charge in [0, 0.05) is 19.6 Å². The molecule has 2 N–H and O–H groups in total. The van der Waals surface area contributed by atoms with Crippen LogP contribution in [0.3, 0.4) is 0 Å². The van der Waals surface area contributed by atoms with Gasteiger partial charge in [0.25, 0.3) is 0 Å². The summed E-state index contributed by atoms with van der Waals surface area (Å²) in [5.41, 5.74) is 5.74. The predicted octanol–water partition coefficient (Wildman–Crippen LogP) is 0.916. The average Bonchev–Trinajstić information content (AvgIpc) is 2.39. The molecule has 2 atom stereocenters. The van der Waals surface area contributed by atoms with E-state index in [1.807, 2.05) is 0 Å². The zero-order valence-corrected chi connectivity index (χ0v) is 11.6. The van der Waals surface area contributed by atoms with Crippen LogP contribution in [0, 0.1) is 11.8 Å². The van der Waals surface area contributed by atoms with Crippen molar-refractivity contribution in [3.05, 3.63) is 0 Å². The smallest absolute Gasteiger partial charge is 0.236 e. The predicted molar refractivity (Wildman–Crippen MR) is 73.2 cm³/mol. The second kappa shape index (κ2) is 6.53. The third kappa shape index (κ3) is 3.69. The highest BCUT2D eigenvalue weighted by Gasteiger charge is 2.25. The molecular weight excluding hydrogens is 226 g/mol. The fraction of sp³-hybridized carbons (Fsp3) is 0.929. The van der Waals surface area contributed by atoms with Crippen molar-refractivity contribution in [3.63, 3.8) is 0 Å². The van der Waals surface area contributed by atoms with E-state index in [-0.39, 0.29) is 0 Å². The van der Waals surface area contributed by atoms with E-state index in [2.05, 4.69) is 16.7 Å². The summed E-state index contributed by atoms with van der Waals surface area (Å²) in [5.74, 6) is 1.58. The first-order valence-electron chi connectivity index (χ1n) is 7.39. The quantitative estimate of drug-likeness (QED) is 0.813. The Kier molecular flexibility index (Phi) is 5.01. The fourth-order valence-electron chi connectivity index (χ4n) is 3.19. The van der Waals surface area contributed by atoms with E-state index >= 15 is 0 Å². The molecule has 0 aromatic heterocycles. The summed E-state index contributed by atoms with van der Waals surface area (Å²) in [7, 11) is 0. The van der Waals surface area contributed by atoms with Crippen molar-refractivity contribution in [2.24, 2.45) is 17.6 Å². The number of hydrogen-bond acceptors (Lipinski definition) is 3. The average molecular weight is 253 g/mol. The van der Waals surface area contributed by atoms with E-state index in [1.54, 1.807) is 0 Å². The maximum absolute atomic E-state index is 12.3. The summed E-state index contributed by atoms with van der Waals surface area (Å²) < 4.78 is 0. The van der Waals surface area contributed by atoms with Gasteiger partial charge < -0.3 is 10.6 Å². The molecule has 2 heterocycles. The summed E-state index contributed by atoms with van der Waals surface area (Å²) in [6, 6.07) is 0. The Bertz CT molecular complexity index is 282. The van der Waals surface area contributed by atoms with Gasteiger partial charge in [-0.15, -0.1) is 0 Å². The van der Waals surface area contributed by atoms with Gasteiger partial charge in [0.05, 0.1) is 6.54 Å². The molecule has 2 saturated heterocycles. The molecule has 104 valence electrons. The number of hydrogen-bond donors (Lipinski definition) is 1. The molecule has 4 nitrogen and oxygen atoms in total. The zero-order valence-electron chi connectivity index (χ0n) is 11.6. The van der Waals surface area contributed by atoms with Crippen LogP contribution >= 0.6 is 0 Å². The highest BCUT2D eigenvalue weighted by atomic mass is 16.2. The minimum Gasteiger partial charge on any atom is -0.341 e. The molecule has 2 aliphatic heterocycles. The molecule has 0 radical (unpaired) electrons. The largest absolute Gasteiger partial charge is 0.341 e. The summed E-state index contributed by atoms with van der Waals surface area (Å²) in [6.45, 7) is 7.57. The molecule has 0 aliphatic carbocycles. The molecule has 0 saturated carbocycles. The van der Waals surface area contributed by atoms with E-state index in [1.165, 1.54) is 25.7 Å². The first-order chi connectivity index (χ1) is 8.69. The normalized spacial score (nSPS) is 30.4. The lowest BCUT2D eigenvalue weighted by atomic mass is 9.98. The minimum atomic E-state index is 0.319. The van der Waals surface area contributed by atoms with Crippen molar-refractivity contribution in [1.82, 2.24) is 9.80 Å². The van der Waals surface area contributed by atoms with Gasteiger partial charge in [0.2, 0.25) is 5.91 Å². The number of amides is 1. The van der Waals surface area contributed by atoms with Crippen LogP contribution in [-0.4, -0.2) is 55.0 Å². The maximum atomic E-state index is 12.3. The Balaban J connectivity index is 1.79. The lowest BCUT2D eigenvalue weighted by molar-refractivity contribution is -0.134. The van der Waals surface area contributed by atoms with Crippen LogP contribution in [0.4, 0.5) is 0 Å². The molecule has 2 aliphatic rings. The van der Waals surface area contributed by atoms with E-state index in [0.29, 0.717) is 24.3 Å². The molecular formula is C14H27N3O. The van der Waals surface area contributed by atoms with Gasteiger partial charge >= 0.3 is 0 Å². The van der Waals surface area contributed by atoms with Gasteiger partial charge in [-0.05, 0) is 50.6 Å². The van der Waals surface area contributed by atoms with Crippen LogP contribution in [0.2, 0.25) is 0 Å². The number of likely N-dealkylation sites (tertiary alicyclic amines) is 2. The Labute approximate surface area is 110 Å². The molecule has 18 heavy (non-hydrogen) atoms. The highest BCUT2D eigenvalue weighted by Crippen LogP contribution is 2.18. The summed E-state index contributed by atoms with van der Waals surface area (Å²) in [4.78, 5) is 16.6. The van der Waals surface area contributed by atoms with Crippen molar-refractivity contribution < 1.29 is 4.79 Å². The molecule has 2 unspecified atom stereocenters. The molecule has 0 aromatic rings. The second-order valence-electron chi connectivity index (χ2n) is 6.07. The van der Waals surface area contributed by atoms with Crippen LogP contribution < -0.4 is 5.73 Å². The van der Waals surface area contributed by atoms with Crippen molar-refractivity contribution in [1.29, 1.82) is 0 Å². The van der Waals surface area contributed by atoms with E-state index in [0.717, 1.165) is 32.7 Å². The highest BCUT2D eigenvalue weighted by molar-refractivity contribution is 5.78. The standard InChI is InChI=1S/C14H27N3O/c1-12-4-2-7-17(9-12)14(18)11-16-6-3-5-13(8-15)10-16/h12-13H,2-11,15H2,1H3. The third-order valence-corrected chi connectivity index (χ3v) is 4.31. The van der Waals surface area contributed by atoms with Crippen LogP contribution in [0.5, 0.6) is 0 Å². The topological polar surface area (TPSA) is 49.6 Å². The van der Waals surface area contributed by atoms with Crippen molar-refractivity contribution in [3.8, 4) is 0 Å². The van der Waals surface area contributed by atoms with Gasteiger partial charge in [-0.1, -0.05) is 6.92 Å². The maximum Gasteiger partial charge on any atom is 0.236 e. The second-order valence-corrected chi connectivity index (χ2v) is 6.07. The first kappa shape index (κ1) is 13.8. The molecule has 0 aromatic carbocycles. The number of carbonyl (C=O) groups is 1. The first-order valence-corrected chi connectivity index (χ1v) is 7.39. The molecule has 2 rings (SSSR count). The monoisotopic (exact) mass is 253 g/mol. The summed E-state index contributed by atoms with van der Waals surface area (Å²) in [5, 5.41) is 0. The zero-order chi connectivity index (χ0) is 13.0. The molecule has 0 bridgehead atoms. The lowest BCUT2D eigenvalue weighted by Crippen LogP contribution is -2.47. The SMILES string of the molecule is CC1CCCN(C(=O)CN2CCCC(CN)C2)C1. The molecule has 0 spiro atoms. The number of nitrogens with two attached hydrogens (primary N) is 1. The Hall–Kier alpha value is -0.610. The van der Waals surface area contributed by atoms with Gasteiger partial charge in [0.15, 0.2) is 0 Å². The number of carbonyl (C=O) groups excluding carboxylic acids is 1. The Morgan fingerprint density at radius 3 is 2.72 bits per heavy atom. The van der Waals surface area contributed by atoms with Crippen molar-refractivity contribution >= 4 is 5.91 Å². The van der Waals surface area contributed by atoms with Crippen molar-refractivity contribution in [2.75, 3.05) is 39.3 Å². The molecule has 2 fully saturated rings. The Morgan fingerprint density at radius 2 is 2.00 bits per heavy atom. The van der Waals surface area contributed by atoms with Gasteiger partial charge in [0.1, 0.15) is 0 Å². The third-order valence-electron chi connectivity index (χ3n) is 4.31. The summed E-state index contributed by atoms with van der Waals surface area (Å²) in [6.07, 6.45) is 4.84. The van der Waals surface area contributed by atoms with Crippen LogP contribution in [0.1, 0.15) is 32.6 Å². The van der Waals surface area contributed by atoms with Gasteiger partial charge in [-0.25, -0.2) is 0 Å². The van der Waals surface area contributed by atoms with E-state index in [9.17, 15) is 4.79 Å². The minimum absolute atomic E-state index is 0.319. The Morgan fingerprint density at radius 1 is 1.22 bits per heavy atom.